The average molecular weight is 279 g/mol. The number of fused-ring (bicyclic) bond motifs is 2. The maximum Gasteiger partial charge on any atom is 0.341 e. The zero-order chi connectivity index (χ0) is 13.4. The summed E-state index contributed by atoms with van der Waals surface area (Å²) >= 11 is 1.42. The van der Waals surface area contributed by atoms with Crippen molar-refractivity contribution in [2.45, 2.75) is 36.9 Å². The Balaban J connectivity index is 1.84. The zero-order valence-corrected chi connectivity index (χ0v) is 11.6. The number of hydrogen-bond acceptors (Lipinski definition) is 5. The number of aromatic nitrogens is 2. The number of hydrogen-bond donors (Lipinski definition) is 2. The third-order valence-electron chi connectivity index (χ3n) is 4.24. The van der Waals surface area contributed by atoms with E-state index in [1.54, 1.807) is 0 Å². The van der Waals surface area contributed by atoms with Gasteiger partial charge in [0.2, 0.25) is 0 Å². The fourth-order valence-electron chi connectivity index (χ4n) is 3.33. The van der Waals surface area contributed by atoms with Gasteiger partial charge in [-0.05, 0) is 37.4 Å². The molecule has 2 bridgehead atoms. The molecule has 6 heteroatoms. The second-order valence-electron chi connectivity index (χ2n) is 5.35. The highest BCUT2D eigenvalue weighted by Crippen LogP contribution is 2.45. The zero-order valence-electron chi connectivity index (χ0n) is 10.8. The summed E-state index contributed by atoms with van der Waals surface area (Å²) in [6.45, 7) is 0. The topological polar surface area (TPSA) is 75.1 Å². The van der Waals surface area contributed by atoms with Crippen molar-refractivity contribution in [1.82, 2.24) is 9.97 Å². The Hall–Kier alpha value is -1.30. The van der Waals surface area contributed by atoms with Gasteiger partial charge in [-0.2, -0.15) is 0 Å². The van der Waals surface area contributed by atoms with Gasteiger partial charge in [0.25, 0.3) is 0 Å². The summed E-state index contributed by atoms with van der Waals surface area (Å²) in [7, 11) is 0. The molecule has 19 heavy (non-hydrogen) atoms. The molecule has 0 saturated heterocycles. The number of rotatable bonds is 4. The summed E-state index contributed by atoms with van der Waals surface area (Å²) in [6, 6.07) is 0.376. The van der Waals surface area contributed by atoms with E-state index in [2.05, 4.69) is 15.3 Å². The maximum atomic E-state index is 11.2. The lowest BCUT2D eigenvalue weighted by Crippen LogP contribution is -2.27. The Labute approximate surface area is 116 Å². The molecule has 3 atom stereocenters. The number of carboxylic acid groups (broad SMARTS) is 1. The van der Waals surface area contributed by atoms with Gasteiger partial charge in [-0.3, -0.25) is 0 Å². The van der Waals surface area contributed by atoms with Crippen LogP contribution in [-0.4, -0.2) is 33.3 Å². The monoisotopic (exact) mass is 279 g/mol. The summed E-state index contributed by atoms with van der Waals surface area (Å²) < 4.78 is 0. The van der Waals surface area contributed by atoms with Crippen molar-refractivity contribution in [3.05, 3.63) is 11.8 Å². The van der Waals surface area contributed by atoms with Gasteiger partial charge in [0, 0.05) is 12.2 Å². The molecule has 2 fully saturated rings. The molecule has 1 heterocycles. The largest absolute Gasteiger partial charge is 0.477 e. The van der Waals surface area contributed by atoms with Crippen molar-refractivity contribution in [3.8, 4) is 0 Å². The highest BCUT2D eigenvalue weighted by molar-refractivity contribution is 7.98. The predicted octanol–water partition coefficient (Wildman–Crippen LogP) is 2.50. The van der Waals surface area contributed by atoms with Gasteiger partial charge in [-0.1, -0.05) is 18.2 Å². The van der Waals surface area contributed by atoms with E-state index in [0.717, 1.165) is 12.3 Å². The molecule has 102 valence electrons. The first kappa shape index (κ1) is 12.7. The number of nitrogens with one attached hydrogen (secondary N) is 1. The number of aromatic carboxylic acids is 1. The molecule has 2 aliphatic rings. The fraction of sp³-hybridized carbons (Fsp3) is 0.615. The van der Waals surface area contributed by atoms with E-state index in [9.17, 15) is 9.90 Å². The molecule has 0 aliphatic heterocycles. The van der Waals surface area contributed by atoms with Gasteiger partial charge in [0.1, 0.15) is 11.4 Å². The van der Waals surface area contributed by atoms with Crippen LogP contribution in [0.5, 0.6) is 0 Å². The van der Waals surface area contributed by atoms with E-state index >= 15 is 0 Å². The lowest BCUT2D eigenvalue weighted by Gasteiger charge is -2.24. The SMILES string of the molecule is CSc1ncc(C(=O)O)c(N[C@H]2C[C@@H]3CC[C@H]2C3)n1. The van der Waals surface area contributed by atoms with Crippen LogP contribution >= 0.6 is 11.8 Å². The standard InChI is InChI=1S/C13H17N3O2S/c1-19-13-14-6-9(12(17)18)11(16-13)15-10-5-7-2-3-8(10)4-7/h6-8,10H,2-5H2,1H3,(H,17,18)(H,14,15,16)/t7-,8+,10+/m1/s1. The first-order valence-corrected chi connectivity index (χ1v) is 7.80. The van der Waals surface area contributed by atoms with Crippen molar-refractivity contribution in [2.75, 3.05) is 11.6 Å². The molecule has 2 saturated carbocycles. The Morgan fingerprint density at radius 3 is 2.89 bits per heavy atom. The maximum absolute atomic E-state index is 11.2. The number of anilines is 1. The Kier molecular flexibility index (Phi) is 3.35. The molecule has 1 aromatic rings. The minimum atomic E-state index is -0.974. The van der Waals surface area contributed by atoms with E-state index in [4.69, 9.17) is 0 Å². The summed E-state index contributed by atoms with van der Waals surface area (Å²) in [5.41, 5.74) is 0.167. The molecule has 0 unspecified atom stereocenters. The quantitative estimate of drug-likeness (QED) is 0.651. The van der Waals surface area contributed by atoms with Gasteiger partial charge >= 0.3 is 5.97 Å². The smallest absolute Gasteiger partial charge is 0.341 e. The van der Waals surface area contributed by atoms with E-state index < -0.39 is 5.97 Å². The molecule has 2 aliphatic carbocycles. The summed E-state index contributed by atoms with van der Waals surface area (Å²) in [4.78, 5) is 19.6. The molecule has 0 aromatic carbocycles. The second kappa shape index (κ2) is 5.00. The lowest BCUT2D eigenvalue weighted by molar-refractivity contribution is 0.0697. The van der Waals surface area contributed by atoms with E-state index in [-0.39, 0.29) is 5.56 Å². The van der Waals surface area contributed by atoms with Gasteiger partial charge in [0.05, 0.1) is 0 Å². The van der Waals surface area contributed by atoms with Crippen LogP contribution in [0.1, 0.15) is 36.0 Å². The fourth-order valence-corrected chi connectivity index (χ4v) is 3.67. The number of nitrogens with zero attached hydrogens (tertiary/aromatic N) is 2. The molecule has 1 aromatic heterocycles. The normalized spacial score (nSPS) is 28.6. The number of carbonyl (C=O) groups is 1. The van der Waals surface area contributed by atoms with Crippen LogP contribution in [-0.2, 0) is 0 Å². The van der Waals surface area contributed by atoms with E-state index in [1.165, 1.54) is 37.2 Å². The van der Waals surface area contributed by atoms with Gasteiger partial charge in [-0.15, -0.1) is 0 Å². The minimum absolute atomic E-state index is 0.167. The van der Waals surface area contributed by atoms with Crippen LogP contribution in [0.25, 0.3) is 0 Å². The van der Waals surface area contributed by atoms with E-state index in [0.29, 0.717) is 22.9 Å². The Bertz CT molecular complexity index is 509. The molecule has 0 amide bonds. The number of carboxylic acids is 1. The van der Waals surface area contributed by atoms with Crippen LogP contribution in [0.4, 0.5) is 5.82 Å². The van der Waals surface area contributed by atoms with Gasteiger partial charge in [-0.25, -0.2) is 14.8 Å². The predicted molar refractivity (Wildman–Crippen MR) is 73.6 cm³/mol. The highest BCUT2D eigenvalue weighted by atomic mass is 32.2. The Morgan fingerprint density at radius 2 is 2.32 bits per heavy atom. The molecule has 3 rings (SSSR count). The highest BCUT2D eigenvalue weighted by Gasteiger charge is 2.40. The summed E-state index contributed by atoms with van der Waals surface area (Å²) in [5, 5.41) is 13.2. The molecular formula is C13H17N3O2S. The molecular weight excluding hydrogens is 262 g/mol. The van der Waals surface area contributed by atoms with Crippen molar-refractivity contribution in [3.63, 3.8) is 0 Å². The molecule has 0 radical (unpaired) electrons. The van der Waals surface area contributed by atoms with Gasteiger partial charge < -0.3 is 10.4 Å². The number of thioether (sulfide) groups is 1. The average Bonchev–Trinajstić information content (AvgIpc) is 3.00. The van der Waals surface area contributed by atoms with Gasteiger partial charge in [0.15, 0.2) is 5.16 Å². The third kappa shape index (κ3) is 2.41. The van der Waals surface area contributed by atoms with Crippen LogP contribution in [0.3, 0.4) is 0 Å². The van der Waals surface area contributed by atoms with Crippen molar-refractivity contribution >= 4 is 23.5 Å². The van der Waals surface area contributed by atoms with Crippen molar-refractivity contribution in [2.24, 2.45) is 11.8 Å². The summed E-state index contributed by atoms with van der Waals surface area (Å²) in [6.07, 6.45) is 8.29. The second-order valence-corrected chi connectivity index (χ2v) is 6.12. The van der Waals surface area contributed by atoms with E-state index in [1.807, 2.05) is 6.26 Å². The van der Waals surface area contributed by atoms with Crippen molar-refractivity contribution in [1.29, 1.82) is 0 Å². The van der Waals surface area contributed by atoms with Crippen molar-refractivity contribution < 1.29 is 9.90 Å². The molecule has 5 nitrogen and oxygen atoms in total. The third-order valence-corrected chi connectivity index (χ3v) is 4.80. The molecule has 0 spiro atoms. The van der Waals surface area contributed by atoms with Crippen LogP contribution in [0, 0.1) is 11.8 Å². The Morgan fingerprint density at radius 1 is 1.47 bits per heavy atom. The minimum Gasteiger partial charge on any atom is -0.477 e. The molecule has 2 N–H and O–H groups in total. The first-order valence-electron chi connectivity index (χ1n) is 6.58. The lowest BCUT2D eigenvalue weighted by atomic mass is 9.95. The van der Waals surface area contributed by atoms with Crippen LogP contribution in [0.15, 0.2) is 11.4 Å². The summed E-state index contributed by atoms with van der Waals surface area (Å²) in [5.74, 6) is 1.000. The van der Waals surface area contributed by atoms with Crippen LogP contribution in [0.2, 0.25) is 0 Å². The van der Waals surface area contributed by atoms with Crippen LogP contribution < -0.4 is 5.32 Å². The first-order chi connectivity index (χ1) is 9.17.